The number of hydrogen-bond donors (Lipinski definition) is 0. The van der Waals surface area contributed by atoms with Crippen molar-refractivity contribution in [3.8, 4) is 11.5 Å². The number of hydrogen-bond acceptors (Lipinski definition) is 6. The summed E-state index contributed by atoms with van der Waals surface area (Å²) >= 11 is 0. The van der Waals surface area contributed by atoms with E-state index in [0.29, 0.717) is 22.1 Å². The quantitative estimate of drug-likeness (QED) is 0.548. The van der Waals surface area contributed by atoms with Gasteiger partial charge in [-0.15, -0.1) is 0 Å². The van der Waals surface area contributed by atoms with E-state index in [1.807, 2.05) is 37.3 Å². The largest absolute Gasteiger partial charge is 0.454 e. The third kappa shape index (κ3) is 4.54. The molecular formula is C25H27N3O4S. The van der Waals surface area contributed by atoms with Crippen LogP contribution in [-0.4, -0.2) is 44.2 Å². The number of anilines is 1. The van der Waals surface area contributed by atoms with Gasteiger partial charge in [-0.25, -0.2) is 8.42 Å². The van der Waals surface area contributed by atoms with Gasteiger partial charge in [0.15, 0.2) is 11.5 Å². The summed E-state index contributed by atoms with van der Waals surface area (Å²) in [6.45, 7) is 4.57. The van der Waals surface area contributed by atoms with Gasteiger partial charge >= 0.3 is 0 Å². The van der Waals surface area contributed by atoms with E-state index in [1.165, 1.54) is 5.56 Å². The Balaban J connectivity index is 1.43. The van der Waals surface area contributed by atoms with Gasteiger partial charge in [0.1, 0.15) is 0 Å². The van der Waals surface area contributed by atoms with E-state index in [2.05, 4.69) is 9.88 Å². The first-order valence-electron chi connectivity index (χ1n) is 11.1. The van der Waals surface area contributed by atoms with Crippen LogP contribution in [0.3, 0.4) is 0 Å². The molecule has 0 aliphatic carbocycles. The molecular weight excluding hydrogens is 438 g/mol. The molecule has 0 saturated carbocycles. The summed E-state index contributed by atoms with van der Waals surface area (Å²) < 4.78 is 40.3. The number of sulfonamides is 1. The number of nitrogens with zero attached hydrogens (tertiary/aromatic N) is 3. The maximum atomic E-state index is 13.8. The number of pyridine rings is 1. The fraction of sp³-hybridized carbons (Fsp3) is 0.320. The first kappa shape index (κ1) is 21.7. The van der Waals surface area contributed by atoms with E-state index in [1.54, 1.807) is 41.0 Å². The van der Waals surface area contributed by atoms with E-state index in [-0.39, 0.29) is 12.8 Å². The predicted molar refractivity (Wildman–Crippen MR) is 126 cm³/mol. The number of fused-ring (bicyclic) bond motifs is 1. The monoisotopic (exact) mass is 465 g/mol. The number of rotatable bonds is 6. The molecule has 0 radical (unpaired) electrons. The molecule has 0 N–H and O–H groups in total. The zero-order chi connectivity index (χ0) is 22.8. The van der Waals surface area contributed by atoms with E-state index < -0.39 is 10.0 Å². The average molecular weight is 466 g/mol. The lowest BCUT2D eigenvalue weighted by atomic mass is 10.0. The standard InChI is InChI=1S/C25H27N3O4S/c1-19-2-5-23(6-3-19)33(29,30)28(22-4-7-24-25(16-22)32-18-31-24)21-10-14-27(15-11-21)17-20-8-12-26-13-9-20/h2-9,12-13,16,21H,10-11,14-15,17-18H2,1H3. The van der Waals surface area contributed by atoms with Gasteiger partial charge in [-0.1, -0.05) is 17.7 Å². The number of likely N-dealkylation sites (tertiary alicyclic amines) is 1. The van der Waals surface area contributed by atoms with E-state index in [4.69, 9.17) is 9.47 Å². The Morgan fingerprint density at radius 3 is 2.39 bits per heavy atom. The second kappa shape index (κ2) is 9.03. The lowest BCUT2D eigenvalue weighted by molar-refractivity contribution is 0.174. The minimum atomic E-state index is -3.75. The van der Waals surface area contributed by atoms with Crippen molar-refractivity contribution < 1.29 is 17.9 Å². The third-order valence-electron chi connectivity index (χ3n) is 6.23. The lowest BCUT2D eigenvalue weighted by Crippen LogP contribution is -2.47. The normalized spacial score (nSPS) is 16.6. The summed E-state index contributed by atoms with van der Waals surface area (Å²) in [5, 5.41) is 0. The summed E-state index contributed by atoms with van der Waals surface area (Å²) in [5.74, 6) is 1.21. The molecule has 1 aromatic heterocycles. The number of aryl methyl sites for hydroxylation is 1. The van der Waals surface area contributed by atoms with Gasteiger partial charge in [0.2, 0.25) is 6.79 Å². The molecule has 0 atom stereocenters. The second-order valence-electron chi connectivity index (χ2n) is 8.51. The molecule has 1 fully saturated rings. The van der Waals surface area contributed by atoms with Crippen molar-refractivity contribution in [2.75, 3.05) is 24.2 Å². The minimum absolute atomic E-state index is 0.148. The second-order valence-corrected chi connectivity index (χ2v) is 10.3. The van der Waals surface area contributed by atoms with Gasteiger partial charge in [-0.3, -0.25) is 14.2 Å². The molecule has 7 nitrogen and oxygen atoms in total. The number of piperidine rings is 1. The Hall–Kier alpha value is -3.10. The zero-order valence-electron chi connectivity index (χ0n) is 18.6. The molecule has 0 amide bonds. The number of ether oxygens (including phenoxy) is 2. The van der Waals surface area contributed by atoms with Crippen LogP contribution in [0, 0.1) is 6.92 Å². The maximum Gasteiger partial charge on any atom is 0.264 e. The fourth-order valence-electron chi connectivity index (χ4n) is 4.45. The molecule has 5 rings (SSSR count). The van der Waals surface area contributed by atoms with Crippen molar-refractivity contribution >= 4 is 15.7 Å². The Labute approximate surface area is 194 Å². The van der Waals surface area contributed by atoms with Crippen molar-refractivity contribution in [1.82, 2.24) is 9.88 Å². The summed E-state index contributed by atoms with van der Waals surface area (Å²) in [4.78, 5) is 6.74. The van der Waals surface area contributed by atoms with Gasteiger partial charge in [-0.2, -0.15) is 0 Å². The molecule has 2 aromatic carbocycles. The highest BCUT2D eigenvalue weighted by molar-refractivity contribution is 7.92. The van der Waals surface area contributed by atoms with E-state index in [9.17, 15) is 8.42 Å². The van der Waals surface area contributed by atoms with Crippen molar-refractivity contribution in [3.05, 3.63) is 78.1 Å². The number of benzene rings is 2. The van der Waals surface area contributed by atoms with Crippen LogP contribution < -0.4 is 13.8 Å². The smallest absolute Gasteiger partial charge is 0.264 e. The summed E-state index contributed by atoms with van der Waals surface area (Å²) in [6.07, 6.45) is 5.09. The molecule has 172 valence electrons. The predicted octanol–water partition coefficient (Wildman–Crippen LogP) is 3.98. The van der Waals surface area contributed by atoms with Gasteiger partial charge in [0.05, 0.1) is 10.6 Å². The van der Waals surface area contributed by atoms with Crippen LogP contribution >= 0.6 is 0 Å². The molecule has 0 unspecified atom stereocenters. The molecule has 2 aliphatic heterocycles. The SMILES string of the molecule is Cc1ccc(S(=O)(=O)N(c2ccc3c(c2)OCO3)C2CCN(Cc3ccncc3)CC2)cc1. The van der Waals surface area contributed by atoms with Crippen LogP contribution in [0.5, 0.6) is 11.5 Å². The topological polar surface area (TPSA) is 72.0 Å². The van der Waals surface area contributed by atoms with Crippen LogP contribution in [0.2, 0.25) is 0 Å². The molecule has 0 spiro atoms. The van der Waals surface area contributed by atoms with Crippen LogP contribution in [-0.2, 0) is 16.6 Å². The van der Waals surface area contributed by atoms with Crippen molar-refractivity contribution in [2.45, 2.75) is 37.2 Å². The molecule has 0 bridgehead atoms. The van der Waals surface area contributed by atoms with Crippen LogP contribution in [0.1, 0.15) is 24.0 Å². The average Bonchev–Trinajstić information content (AvgIpc) is 3.29. The highest BCUT2D eigenvalue weighted by Crippen LogP contribution is 2.39. The fourth-order valence-corrected chi connectivity index (χ4v) is 6.15. The molecule has 3 aromatic rings. The molecule has 33 heavy (non-hydrogen) atoms. The Kier molecular flexibility index (Phi) is 5.95. The van der Waals surface area contributed by atoms with Crippen LogP contribution in [0.4, 0.5) is 5.69 Å². The lowest BCUT2D eigenvalue weighted by Gasteiger charge is -2.39. The highest BCUT2D eigenvalue weighted by atomic mass is 32.2. The van der Waals surface area contributed by atoms with E-state index in [0.717, 1.165) is 38.0 Å². The van der Waals surface area contributed by atoms with Crippen molar-refractivity contribution in [1.29, 1.82) is 0 Å². The molecule has 2 aliphatic rings. The van der Waals surface area contributed by atoms with Crippen LogP contribution in [0.25, 0.3) is 0 Å². The first-order valence-corrected chi connectivity index (χ1v) is 12.6. The van der Waals surface area contributed by atoms with Gasteiger partial charge < -0.3 is 9.47 Å². The van der Waals surface area contributed by atoms with Crippen molar-refractivity contribution in [3.63, 3.8) is 0 Å². The zero-order valence-corrected chi connectivity index (χ0v) is 19.4. The first-order chi connectivity index (χ1) is 16.0. The van der Waals surface area contributed by atoms with Gasteiger partial charge in [0, 0.05) is 44.1 Å². The molecule has 8 heteroatoms. The summed E-state index contributed by atoms with van der Waals surface area (Å²) in [6, 6.07) is 16.3. The number of aromatic nitrogens is 1. The van der Waals surface area contributed by atoms with Gasteiger partial charge in [0.25, 0.3) is 10.0 Å². The highest BCUT2D eigenvalue weighted by Gasteiger charge is 2.35. The Morgan fingerprint density at radius 1 is 0.970 bits per heavy atom. The summed E-state index contributed by atoms with van der Waals surface area (Å²) in [5.41, 5.74) is 2.84. The van der Waals surface area contributed by atoms with E-state index >= 15 is 0 Å². The Morgan fingerprint density at radius 2 is 1.67 bits per heavy atom. The summed E-state index contributed by atoms with van der Waals surface area (Å²) in [7, 11) is -3.75. The van der Waals surface area contributed by atoms with Crippen molar-refractivity contribution in [2.24, 2.45) is 0 Å². The molecule has 3 heterocycles. The Bertz CT molecular complexity index is 1210. The maximum absolute atomic E-state index is 13.8. The minimum Gasteiger partial charge on any atom is -0.454 e. The van der Waals surface area contributed by atoms with Gasteiger partial charge in [-0.05, 0) is 61.7 Å². The van der Waals surface area contributed by atoms with Crippen LogP contribution in [0.15, 0.2) is 71.9 Å². The third-order valence-corrected chi connectivity index (χ3v) is 8.13. The molecule has 1 saturated heterocycles.